The number of hydrogen-bond acceptors (Lipinski definition) is 2. The van der Waals surface area contributed by atoms with Gasteiger partial charge in [0.05, 0.1) is 11.5 Å². The zero-order valence-electron chi connectivity index (χ0n) is 7.68. The summed E-state index contributed by atoms with van der Waals surface area (Å²) in [5.41, 5.74) is -0.0990. The van der Waals surface area contributed by atoms with Gasteiger partial charge in [-0.2, -0.15) is 5.26 Å². The van der Waals surface area contributed by atoms with Gasteiger partial charge in [-0.1, -0.05) is 13.8 Å². The molecule has 0 saturated carbocycles. The van der Waals surface area contributed by atoms with E-state index >= 15 is 0 Å². The van der Waals surface area contributed by atoms with E-state index in [-0.39, 0.29) is 5.41 Å². The van der Waals surface area contributed by atoms with Crippen molar-refractivity contribution in [3.8, 4) is 6.07 Å². The van der Waals surface area contributed by atoms with Crippen molar-refractivity contribution < 1.29 is 4.74 Å². The number of nitrogens with zero attached hydrogens (tertiary/aromatic N) is 1. The number of rotatable bonds is 0. The molecule has 1 fully saturated rings. The quantitative estimate of drug-likeness (QED) is 0.538. The first-order valence-corrected chi connectivity index (χ1v) is 4.26. The fourth-order valence-electron chi connectivity index (χ4n) is 0.934. The van der Waals surface area contributed by atoms with Crippen LogP contribution in [0, 0.1) is 16.7 Å². The maximum atomic E-state index is 8.64. The van der Waals surface area contributed by atoms with Crippen LogP contribution in [0.3, 0.4) is 0 Å². The lowest BCUT2D eigenvalue weighted by Gasteiger charge is -2.25. The first-order chi connectivity index (χ1) is 5.27. The topological polar surface area (TPSA) is 33.0 Å². The summed E-state index contributed by atoms with van der Waals surface area (Å²) in [5, 5.41) is 8.64. The lowest BCUT2D eigenvalue weighted by molar-refractivity contribution is 0.0479. The molecule has 0 aliphatic carbocycles. The van der Waals surface area contributed by atoms with E-state index in [4.69, 9.17) is 10.00 Å². The van der Waals surface area contributed by atoms with Gasteiger partial charge in [-0.25, -0.2) is 0 Å². The third-order valence-electron chi connectivity index (χ3n) is 1.87. The largest absolute Gasteiger partial charge is 0.381 e. The van der Waals surface area contributed by atoms with Gasteiger partial charge in [0, 0.05) is 13.2 Å². The summed E-state index contributed by atoms with van der Waals surface area (Å²) in [6.07, 6.45) is 1.78. The van der Waals surface area contributed by atoms with E-state index in [9.17, 15) is 0 Å². The van der Waals surface area contributed by atoms with Gasteiger partial charge >= 0.3 is 0 Å². The molecule has 0 amide bonds. The molecule has 2 nitrogen and oxygen atoms in total. The minimum Gasteiger partial charge on any atom is -0.381 e. The Morgan fingerprint density at radius 3 is 2.00 bits per heavy atom. The molecule has 0 atom stereocenters. The summed E-state index contributed by atoms with van der Waals surface area (Å²) < 4.78 is 5.12. The standard InChI is InChI=1S/C7H11NO.C2H6/c1-7(6-8)2-4-9-5-3-7;1-2/h2-5H2,1H3;1-2H3. The Labute approximate surface area is 69.2 Å². The molecule has 1 saturated heterocycles. The highest BCUT2D eigenvalue weighted by molar-refractivity contribution is 4.96. The average molecular weight is 155 g/mol. The molecule has 0 aromatic carbocycles. The molecule has 0 unspecified atom stereocenters. The average Bonchev–Trinajstić information content (AvgIpc) is 2.10. The van der Waals surface area contributed by atoms with Crippen molar-refractivity contribution >= 4 is 0 Å². The Bertz CT molecular complexity index is 131. The molecule has 0 bridgehead atoms. The molecule has 2 heteroatoms. The fraction of sp³-hybridized carbons (Fsp3) is 0.889. The summed E-state index contributed by atoms with van der Waals surface area (Å²) in [7, 11) is 0. The SMILES string of the molecule is CC.CC1(C#N)CCOCC1. The van der Waals surface area contributed by atoms with Crippen LogP contribution < -0.4 is 0 Å². The summed E-state index contributed by atoms with van der Waals surface area (Å²) >= 11 is 0. The third-order valence-corrected chi connectivity index (χ3v) is 1.87. The van der Waals surface area contributed by atoms with Crippen molar-refractivity contribution in [1.29, 1.82) is 5.26 Å². The summed E-state index contributed by atoms with van der Waals surface area (Å²) in [5.74, 6) is 0. The highest BCUT2D eigenvalue weighted by Gasteiger charge is 2.26. The fourth-order valence-corrected chi connectivity index (χ4v) is 0.934. The molecule has 1 aliphatic heterocycles. The van der Waals surface area contributed by atoms with E-state index in [0.29, 0.717) is 0 Å². The maximum absolute atomic E-state index is 8.64. The van der Waals surface area contributed by atoms with Crippen LogP contribution in [0.5, 0.6) is 0 Å². The predicted molar refractivity (Wildman–Crippen MR) is 45.1 cm³/mol. The van der Waals surface area contributed by atoms with E-state index in [1.54, 1.807) is 0 Å². The van der Waals surface area contributed by atoms with Gasteiger partial charge in [0.2, 0.25) is 0 Å². The lowest BCUT2D eigenvalue weighted by atomic mass is 9.84. The molecule has 1 aliphatic rings. The number of nitriles is 1. The molecule has 64 valence electrons. The van der Waals surface area contributed by atoms with Gasteiger partial charge < -0.3 is 4.74 Å². The molecular formula is C9H17NO. The number of ether oxygens (including phenoxy) is 1. The second-order valence-electron chi connectivity index (χ2n) is 2.78. The Morgan fingerprint density at radius 1 is 1.27 bits per heavy atom. The van der Waals surface area contributed by atoms with Crippen molar-refractivity contribution in [2.24, 2.45) is 5.41 Å². The maximum Gasteiger partial charge on any atom is 0.0688 e. The van der Waals surface area contributed by atoms with E-state index in [1.165, 1.54) is 0 Å². The van der Waals surface area contributed by atoms with Gasteiger partial charge in [0.25, 0.3) is 0 Å². The van der Waals surface area contributed by atoms with Crippen molar-refractivity contribution in [2.75, 3.05) is 13.2 Å². The molecular weight excluding hydrogens is 138 g/mol. The van der Waals surface area contributed by atoms with Crippen LogP contribution in [0.15, 0.2) is 0 Å². The Hall–Kier alpha value is -0.550. The number of hydrogen-bond donors (Lipinski definition) is 0. The third kappa shape index (κ3) is 3.38. The van der Waals surface area contributed by atoms with Crippen molar-refractivity contribution in [3.63, 3.8) is 0 Å². The molecule has 0 spiro atoms. The van der Waals surface area contributed by atoms with Gasteiger partial charge in [-0.3, -0.25) is 0 Å². The van der Waals surface area contributed by atoms with Gasteiger partial charge in [-0.15, -0.1) is 0 Å². The molecule has 0 radical (unpaired) electrons. The first-order valence-electron chi connectivity index (χ1n) is 4.26. The second-order valence-corrected chi connectivity index (χ2v) is 2.78. The van der Waals surface area contributed by atoms with E-state index in [2.05, 4.69) is 6.07 Å². The summed E-state index contributed by atoms with van der Waals surface area (Å²) in [4.78, 5) is 0. The van der Waals surface area contributed by atoms with Gasteiger partial charge in [0.15, 0.2) is 0 Å². The summed E-state index contributed by atoms with van der Waals surface area (Å²) in [6.45, 7) is 7.50. The molecule has 1 heterocycles. The van der Waals surface area contributed by atoms with Crippen molar-refractivity contribution in [3.05, 3.63) is 0 Å². The minimum absolute atomic E-state index is 0.0990. The van der Waals surface area contributed by atoms with Crippen LogP contribution in [-0.4, -0.2) is 13.2 Å². The Kier molecular flexibility index (Phi) is 4.89. The van der Waals surface area contributed by atoms with Crippen LogP contribution in [0.4, 0.5) is 0 Å². The van der Waals surface area contributed by atoms with Crippen LogP contribution in [-0.2, 0) is 4.74 Å². The van der Waals surface area contributed by atoms with E-state index < -0.39 is 0 Å². The predicted octanol–water partition coefficient (Wildman–Crippen LogP) is 2.35. The van der Waals surface area contributed by atoms with Crippen molar-refractivity contribution in [1.82, 2.24) is 0 Å². The van der Waals surface area contributed by atoms with Crippen molar-refractivity contribution in [2.45, 2.75) is 33.6 Å². The highest BCUT2D eigenvalue weighted by atomic mass is 16.5. The lowest BCUT2D eigenvalue weighted by Crippen LogP contribution is -2.24. The van der Waals surface area contributed by atoms with E-state index in [0.717, 1.165) is 26.1 Å². The van der Waals surface area contributed by atoms with Crippen LogP contribution in [0.2, 0.25) is 0 Å². The monoisotopic (exact) mass is 155 g/mol. The molecule has 1 rings (SSSR count). The Balaban J connectivity index is 0.000000461. The van der Waals surface area contributed by atoms with E-state index in [1.807, 2.05) is 20.8 Å². The molecule has 11 heavy (non-hydrogen) atoms. The van der Waals surface area contributed by atoms with Crippen LogP contribution in [0.1, 0.15) is 33.6 Å². The first kappa shape index (κ1) is 10.4. The molecule has 0 N–H and O–H groups in total. The summed E-state index contributed by atoms with van der Waals surface area (Å²) in [6, 6.07) is 2.30. The smallest absolute Gasteiger partial charge is 0.0688 e. The minimum atomic E-state index is -0.0990. The van der Waals surface area contributed by atoms with Gasteiger partial charge in [-0.05, 0) is 19.8 Å². The normalized spacial score (nSPS) is 20.9. The van der Waals surface area contributed by atoms with Gasteiger partial charge in [0.1, 0.15) is 0 Å². The van der Waals surface area contributed by atoms with Crippen LogP contribution in [0.25, 0.3) is 0 Å². The molecule has 0 aromatic heterocycles. The highest BCUT2D eigenvalue weighted by Crippen LogP contribution is 2.27. The zero-order valence-corrected chi connectivity index (χ0v) is 7.68. The molecule has 0 aromatic rings. The zero-order chi connectivity index (χ0) is 8.74. The van der Waals surface area contributed by atoms with Crippen LogP contribution >= 0.6 is 0 Å². The second kappa shape index (κ2) is 5.15. The Morgan fingerprint density at radius 2 is 1.73 bits per heavy atom.